The first-order chi connectivity index (χ1) is 17.8. The quantitative estimate of drug-likeness (QED) is 0.290. The lowest BCUT2D eigenvalue weighted by Crippen LogP contribution is -2.31. The van der Waals surface area contributed by atoms with Crippen molar-refractivity contribution < 1.29 is 9.72 Å². The van der Waals surface area contributed by atoms with Crippen LogP contribution in [0.3, 0.4) is 0 Å². The van der Waals surface area contributed by atoms with E-state index in [9.17, 15) is 14.9 Å². The molecular formula is C27H25N7O3. The van der Waals surface area contributed by atoms with Crippen molar-refractivity contribution in [3.05, 3.63) is 106 Å². The zero-order valence-corrected chi connectivity index (χ0v) is 20.5. The molecule has 1 aromatic heterocycles. The second-order valence-electron chi connectivity index (χ2n) is 8.88. The summed E-state index contributed by atoms with van der Waals surface area (Å²) >= 11 is 0. The summed E-state index contributed by atoms with van der Waals surface area (Å²) < 4.78 is 1.66. The van der Waals surface area contributed by atoms with Crippen LogP contribution < -0.4 is 15.5 Å². The van der Waals surface area contributed by atoms with Crippen LogP contribution in [0.5, 0.6) is 0 Å². The fourth-order valence-corrected chi connectivity index (χ4v) is 4.28. The van der Waals surface area contributed by atoms with Gasteiger partial charge in [0.15, 0.2) is 5.82 Å². The number of aromatic nitrogens is 3. The molecule has 3 aromatic carbocycles. The Labute approximate surface area is 213 Å². The molecule has 0 saturated heterocycles. The Morgan fingerprint density at radius 3 is 2.32 bits per heavy atom. The largest absolute Gasteiger partial charge is 0.378 e. The van der Waals surface area contributed by atoms with Crippen molar-refractivity contribution in [2.24, 2.45) is 0 Å². The summed E-state index contributed by atoms with van der Waals surface area (Å²) in [4.78, 5) is 31.0. The van der Waals surface area contributed by atoms with Gasteiger partial charge in [0.1, 0.15) is 6.04 Å². The number of fused-ring (bicyclic) bond motifs is 1. The van der Waals surface area contributed by atoms with Crippen molar-refractivity contribution in [1.82, 2.24) is 14.8 Å². The van der Waals surface area contributed by atoms with Gasteiger partial charge in [0, 0.05) is 48.9 Å². The van der Waals surface area contributed by atoms with Gasteiger partial charge in [-0.15, -0.1) is 5.10 Å². The monoisotopic (exact) mass is 495 g/mol. The number of carbonyl (C=O) groups excluding carboxylic acids is 1. The number of amides is 1. The molecule has 2 heterocycles. The fourth-order valence-electron chi connectivity index (χ4n) is 4.28. The lowest BCUT2D eigenvalue weighted by atomic mass is 9.95. The van der Waals surface area contributed by atoms with Crippen LogP contribution in [-0.2, 0) is 4.79 Å². The van der Waals surface area contributed by atoms with Crippen molar-refractivity contribution in [3.63, 3.8) is 0 Å². The topological polar surface area (TPSA) is 118 Å². The maximum Gasteiger partial charge on any atom is 0.269 e. The molecule has 0 spiro atoms. The highest BCUT2D eigenvalue weighted by molar-refractivity contribution is 6.06. The van der Waals surface area contributed by atoms with Crippen molar-refractivity contribution in [1.29, 1.82) is 0 Å². The van der Waals surface area contributed by atoms with Gasteiger partial charge in [0.25, 0.3) is 11.6 Å². The first-order valence-corrected chi connectivity index (χ1v) is 11.6. The Bertz CT molecular complexity index is 1490. The van der Waals surface area contributed by atoms with Crippen LogP contribution >= 0.6 is 0 Å². The summed E-state index contributed by atoms with van der Waals surface area (Å²) in [5.74, 6) is 0.665. The smallest absolute Gasteiger partial charge is 0.269 e. The molecule has 0 aliphatic carbocycles. The number of hydrogen-bond donors (Lipinski definition) is 2. The first-order valence-electron chi connectivity index (χ1n) is 11.6. The van der Waals surface area contributed by atoms with Crippen molar-refractivity contribution in [2.45, 2.75) is 13.0 Å². The number of hydrogen-bond acceptors (Lipinski definition) is 7. The van der Waals surface area contributed by atoms with Gasteiger partial charge in [-0.2, -0.15) is 4.98 Å². The van der Waals surface area contributed by atoms with Crippen molar-refractivity contribution in [3.8, 4) is 11.4 Å². The van der Waals surface area contributed by atoms with Crippen LogP contribution in [0.15, 0.2) is 90.1 Å². The van der Waals surface area contributed by atoms with Crippen LogP contribution in [-0.4, -0.2) is 39.7 Å². The molecule has 0 fully saturated rings. The number of benzene rings is 3. The minimum Gasteiger partial charge on any atom is -0.378 e. The van der Waals surface area contributed by atoms with E-state index in [2.05, 4.69) is 10.6 Å². The molecule has 10 nitrogen and oxygen atoms in total. The molecule has 4 aromatic rings. The molecule has 5 rings (SSSR count). The Morgan fingerprint density at radius 2 is 1.70 bits per heavy atom. The third-order valence-electron chi connectivity index (χ3n) is 6.19. The number of carbonyl (C=O) groups is 1. The van der Waals surface area contributed by atoms with E-state index in [1.165, 1.54) is 12.1 Å². The molecule has 0 saturated carbocycles. The summed E-state index contributed by atoms with van der Waals surface area (Å²) in [6, 6.07) is 22.5. The normalized spacial score (nSPS) is 14.5. The number of non-ortho nitro benzene ring substituents is 1. The van der Waals surface area contributed by atoms with Gasteiger partial charge in [-0.25, -0.2) is 4.68 Å². The van der Waals surface area contributed by atoms with Crippen LogP contribution in [0.25, 0.3) is 11.4 Å². The summed E-state index contributed by atoms with van der Waals surface area (Å²) in [7, 11) is 3.94. The fraction of sp³-hybridized carbons (Fsp3) is 0.148. The highest BCUT2D eigenvalue weighted by Gasteiger charge is 2.34. The summed E-state index contributed by atoms with van der Waals surface area (Å²) in [6.45, 7) is 1.81. The SMILES string of the molecule is CC1=C(C(=O)Nc2ccccc2)C(c2ccc([N+](=O)[O-])cc2)n2nc(-c3ccc(N(C)C)cc3)nc2N1. The van der Waals surface area contributed by atoms with Gasteiger partial charge in [0.2, 0.25) is 5.95 Å². The second kappa shape index (κ2) is 9.57. The van der Waals surface area contributed by atoms with Gasteiger partial charge in [-0.1, -0.05) is 18.2 Å². The van der Waals surface area contributed by atoms with Crippen LogP contribution in [0, 0.1) is 10.1 Å². The van der Waals surface area contributed by atoms with E-state index in [4.69, 9.17) is 10.1 Å². The Balaban J connectivity index is 1.58. The predicted molar refractivity (Wildman–Crippen MR) is 142 cm³/mol. The van der Waals surface area contributed by atoms with E-state index in [1.54, 1.807) is 28.9 Å². The minimum atomic E-state index is -0.650. The van der Waals surface area contributed by atoms with Gasteiger partial charge in [-0.3, -0.25) is 14.9 Å². The third kappa shape index (κ3) is 4.64. The van der Waals surface area contributed by atoms with Gasteiger partial charge in [-0.05, 0) is 61.0 Å². The zero-order chi connectivity index (χ0) is 26.1. The van der Waals surface area contributed by atoms with Crippen LogP contribution in [0.4, 0.5) is 23.0 Å². The van der Waals surface area contributed by atoms with Gasteiger partial charge < -0.3 is 15.5 Å². The summed E-state index contributed by atoms with van der Waals surface area (Å²) in [5.41, 5.74) is 4.22. The number of nitrogens with one attached hydrogen (secondary N) is 2. The number of rotatable bonds is 6. The molecule has 1 aliphatic heterocycles. The molecular weight excluding hydrogens is 470 g/mol. The molecule has 1 amide bonds. The maximum absolute atomic E-state index is 13.5. The standard InChI is InChI=1S/C27H25N7O3/c1-17-23(26(35)29-20-7-5-4-6-8-20)24(18-9-15-22(16-10-18)34(36)37)33-27(28-17)30-25(31-33)19-11-13-21(14-12-19)32(2)3/h4-16,24H,1-3H3,(H,29,35)(H,28,30,31). The Hall–Kier alpha value is -4.99. The number of nitro groups is 1. The highest BCUT2D eigenvalue weighted by atomic mass is 16.6. The molecule has 1 unspecified atom stereocenters. The van der Waals surface area contributed by atoms with E-state index in [-0.39, 0.29) is 11.6 Å². The van der Waals surface area contributed by atoms with E-state index in [0.717, 1.165) is 11.3 Å². The van der Waals surface area contributed by atoms with Crippen LogP contribution in [0.1, 0.15) is 18.5 Å². The molecule has 0 bridgehead atoms. The lowest BCUT2D eigenvalue weighted by molar-refractivity contribution is -0.384. The third-order valence-corrected chi connectivity index (χ3v) is 6.19. The number of nitrogens with zero attached hydrogens (tertiary/aromatic N) is 5. The molecule has 2 N–H and O–H groups in total. The lowest BCUT2D eigenvalue weighted by Gasteiger charge is -2.28. The molecule has 186 valence electrons. The Morgan fingerprint density at radius 1 is 1.03 bits per heavy atom. The summed E-state index contributed by atoms with van der Waals surface area (Å²) in [5, 5.41) is 22.2. The van der Waals surface area contributed by atoms with Crippen molar-refractivity contribution in [2.75, 3.05) is 29.6 Å². The van der Waals surface area contributed by atoms with E-state index >= 15 is 0 Å². The van der Waals surface area contributed by atoms with Gasteiger partial charge in [0.05, 0.1) is 10.5 Å². The van der Waals surface area contributed by atoms with E-state index in [0.29, 0.717) is 34.3 Å². The number of anilines is 3. The molecule has 0 radical (unpaired) electrons. The first kappa shape index (κ1) is 23.7. The number of nitro benzene ring substituents is 1. The summed E-state index contributed by atoms with van der Waals surface area (Å²) in [6.07, 6.45) is 0. The van der Waals surface area contributed by atoms with Crippen molar-refractivity contribution >= 4 is 28.9 Å². The predicted octanol–water partition coefficient (Wildman–Crippen LogP) is 4.85. The van der Waals surface area contributed by atoms with Crippen LogP contribution in [0.2, 0.25) is 0 Å². The second-order valence-corrected chi connectivity index (χ2v) is 8.88. The number of para-hydroxylation sites is 1. The highest BCUT2D eigenvalue weighted by Crippen LogP contribution is 2.37. The van der Waals surface area contributed by atoms with E-state index in [1.807, 2.05) is 68.4 Å². The minimum absolute atomic E-state index is 0.0332. The Kier molecular flexibility index (Phi) is 6.14. The zero-order valence-electron chi connectivity index (χ0n) is 20.5. The molecule has 1 atom stereocenters. The molecule has 10 heteroatoms. The number of allylic oxidation sites excluding steroid dienone is 1. The molecule has 37 heavy (non-hydrogen) atoms. The van der Waals surface area contributed by atoms with E-state index < -0.39 is 11.0 Å². The average Bonchev–Trinajstić information content (AvgIpc) is 3.32. The molecule has 1 aliphatic rings. The van der Waals surface area contributed by atoms with Gasteiger partial charge >= 0.3 is 0 Å². The average molecular weight is 496 g/mol. The maximum atomic E-state index is 13.5.